The maximum absolute atomic E-state index is 12.2. The van der Waals surface area contributed by atoms with Crippen molar-refractivity contribution in [1.29, 1.82) is 0 Å². The number of nitrogens with one attached hydrogen (secondary N) is 1. The fraction of sp³-hybridized carbons (Fsp3) is 0.519. The van der Waals surface area contributed by atoms with Crippen LogP contribution in [-0.2, 0) is 23.1 Å². The number of nitrogens with zero attached hydrogens (tertiary/aromatic N) is 1. The molecule has 0 radical (unpaired) electrons. The lowest BCUT2D eigenvalue weighted by Crippen LogP contribution is -2.69. The van der Waals surface area contributed by atoms with E-state index in [0.717, 1.165) is 54.7 Å². The molecule has 4 aliphatic rings. The summed E-state index contributed by atoms with van der Waals surface area (Å²) in [5, 5.41) is 24.4. The minimum absolute atomic E-state index is 0. The van der Waals surface area contributed by atoms with Crippen LogP contribution in [0.15, 0.2) is 36.4 Å². The van der Waals surface area contributed by atoms with E-state index in [1.54, 1.807) is 13.2 Å². The van der Waals surface area contributed by atoms with Gasteiger partial charge in [0.15, 0.2) is 11.5 Å². The number of ether oxygens (including phenoxy) is 2. The van der Waals surface area contributed by atoms with Crippen molar-refractivity contribution in [3.8, 4) is 17.2 Å². The third-order valence-electron chi connectivity index (χ3n) is 8.90. The van der Waals surface area contributed by atoms with E-state index in [1.165, 1.54) is 0 Å². The number of piperidine rings is 1. The summed E-state index contributed by atoms with van der Waals surface area (Å²) in [5.74, 6) is 0.980. The molecule has 3 N–H and O–H groups in total. The van der Waals surface area contributed by atoms with Crippen molar-refractivity contribution in [3.05, 3.63) is 53.1 Å². The highest BCUT2D eigenvalue weighted by Crippen LogP contribution is 2.65. The highest BCUT2D eigenvalue weighted by Gasteiger charge is 2.66. The third kappa shape index (κ3) is 3.83. The van der Waals surface area contributed by atoms with E-state index < -0.39 is 12.0 Å². The highest BCUT2D eigenvalue weighted by atomic mass is 35.5. The van der Waals surface area contributed by atoms with E-state index >= 15 is 0 Å². The van der Waals surface area contributed by atoms with Crippen molar-refractivity contribution in [2.24, 2.45) is 5.92 Å². The first-order chi connectivity index (χ1) is 16.4. The number of rotatable bonds is 6. The second-order valence-electron chi connectivity index (χ2n) is 10.4. The molecule has 1 saturated carbocycles. The van der Waals surface area contributed by atoms with Crippen molar-refractivity contribution in [2.45, 2.75) is 61.7 Å². The fourth-order valence-electron chi connectivity index (χ4n) is 7.47. The molecule has 6 atom stereocenters. The van der Waals surface area contributed by atoms with Crippen molar-refractivity contribution >= 4 is 30.8 Å². The van der Waals surface area contributed by atoms with Crippen LogP contribution in [0.3, 0.4) is 0 Å². The van der Waals surface area contributed by atoms with Crippen LogP contribution in [0, 0.1) is 5.92 Å². The minimum atomic E-state index is -0.853. The van der Waals surface area contributed by atoms with Crippen LogP contribution >= 0.6 is 24.8 Å². The number of carbonyl (C=O) groups is 1. The van der Waals surface area contributed by atoms with E-state index in [-0.39, 0.29) is 48.1 Å². The number of aliphatic carboxylic acids is 1. The number of phenols is 1. The molecule has 36 heavy (non-hydrogen) atoms. The molecule has 1 saturated heterocycles. The molecule has 2 aromatic carbocycles. The number of benzene rings is 2. The molecule has 1 spiro atoms. The molecule has 2 bridgehead atoms. The Morgan fingerprint density at radius 1 is 1.28 bits per heavy atom. The maximum Gasteiger partial charge on any atom is 0.321 e. The number of likely N-dealkylation sites (tertiary alicyclic amines) is 1. The number of likely N-dealkylation sites (N-methyl/N-ethyl adjacent to an activating group) is 1. The number of carboxylic acids is 1. The van der Waals surface area contributed by atoms with Gasteiger partial charge in [-0.25, -0.2) is 0 Å². The van der Waals surface area contributed by atoms with Gasteiger partial charge >= 0.3 is 5.97 Å². The summed E-state index contributed by atoms with van der Waals surface area (Å²) < 4.78 is 12.3. The standard InChI is InChI=1S/C27H32N2O5.2ClH/c1-29-11-10-27-17-8-9-18(28-19(26(31)32)12-15-6-4-3-5-7-15)25(27)34-24-21(30)14-22(33-2)16(23(24)27)13-20(17)29;;/h3-7,14,17-20,25,28,30H,8-13H2,1-2H3,(H,31,32);2*1H/t17-,18-,19-,20+,25-,27-;;/m0../s1. The normalized spacial score (nSPS) is 30.2. The molecule has 7 nitrogen and oxygen atoms in total. The lowest BCUT2D eigenvalue weighted by atomic mass is 9.51. The highest BCUT2D eigenvalue weighted by molar-refractivity contribution is 5.85. The average molecular weight is 537 g/mol. The van der Waals surface area contributed by atoms with Gasteiger partial charge in [-0.3, -0.25) is 10.1 Å². The summed E-state index contributed by atoms with van der Waals surface area (Å²) in [4.78, 5) is 14.7. The van der Waals surface area contributed by atoms with Gasteiger partial charge in [-0.15, -0.1) is 24.8 Å². The zero-order valence-electron chi connectivity index (χ0n) is 20.5. The van der Waals surface area contributed by atoms with Gasteiger partial charge in [-0.2, -0.15) is 0 Å². The van der Waals surface area contributed by atoms with Crippen molar-refractivity contribution in [3.63, 3.8) is 0 Å². The maximum atomic E-state index is 12.2. The first kappa shape index (κ1) is 26.9. The van der Waals surface area contributed by atoms with Gasteiger partial charge < -0.3 is 24.6 Å². The smallest absolute Gasteiger partial charge is 0.321 e. The average Bonchev–Trinajstić information content (AvgIpc) is 3.19. The molecule has 0 amide bonds. The number of phenolic OH excluding ortho intramolecular Hbond substituents is 1. The molecule has 0 aromatic heterocycles. The lowest BCUT2D eigenvalue weighted by Gasteiger charge is -2.59. The molecular formula is C27H34Cl2N2O5. The second kappa shape index (κ2) is 9.93. The summed E-state index contributed by atoms with van der Waals surface area (Å²) >= 11 is 0. The summed E-state index contributed by atoms with van der Waals surface area (Å²) in [6, 6.07) is 11.0. The molecule has 6 rings (SSSR count). The Morgan fingerprint density at radius 3 is 2.72 bits per heavy atom. The van der Waals surface area contributed by atoms with E-state index in [1.807, 2.05) is 30.3 Å². The third-order valence-corrected chi connectivity index (χ3v) is 8.90. The molecule has 0 unspecified atom stereocenters. The molecule has 2 aromatic rings. The Kier molecular flexibility index (Phi) is 7.41. The Balaban J connectivity index is 0.00000152. The van der Waals surface area contributed by atoms with Gasteiger partial charge in [-0.1, -0.05) is 30.3 Å². The van der Waals surface area contributed by atoms with Gasteiger partial charge in [0.2, 0.25) is 0 Å². The van der Waals surface area contributed by atoms with E-state index in [4.69, 9.17) is 9.47 Å². The lowest BCUT2D eigenvalue weighted by molar-refractivity contribution is -0.140. The fourth-order valence-corrected chi connectivity index (χ4v) is 7.47. The Bertz CT molecular complexity index is 1130. The number of carboxylic acid groups (broad SMARTS) is 1. The molecule has 2 aliphatic carbocycles. The van der Waals surface area contributed by atoms with Crippen molar-refractivity contribution < 1.29 is 24.5 Å². The van der Waals surface area contributed by atoms with Crippen LogP contribution in [0.2, 0.25) is 0 Å². The van der Waals surface area contributed by atoms with Crippen molar-refractivity contribution in [1.82, 2.24) is 10.2 Å². The summed E-state index contributed by atoms with van der Waals surface area (Å²) in [6.07, 6.45) is 3.86. The molecule has 2 fully saturated rings. The zero-order valence-corrected chi connectivity index (χ0v) is 22.1. The Morgan fingerprint density at radius 2 is 2.03 bits per heavy atom. The summed E-state index contributed by atoms with van der Waals surface area (Å²) in [5.41, 5.74) is 3.01. The first-order valence-electron chi connectivity index (χ1n) is 12.3. The van der Waals surface area contributed by atoms with Crippen molar-refractivity contribution in [2.75, 3.05) is 20.7 Å². The predicted octanol–water partition coefficient (Wildman–Crippen LogP) is 3.57. The van der Waals surface area contributed by atoms with Crippen LogP contribution in [-0.4, -0.2) is 66.0 Å². The van der Waals surface area contributed by atoms with Gasteiger partial charge in [0.25, 0.3) is 0 Å². The summed E-state index contributed by atoms with van der Waals surface area (Å²) in [7, 11) is 3.85. The predicted molar refractivity (Wildman–Crippen MR) is 141 cm³/mol. The Labute approximate surface area is 224 Å². The van der Waals surface area contributed by atoms with E-state index in [0.29, 0.717) is 24.1 Å². The number of hydrogen-bond acceptors (Lipinski definition) is 6. The second-order valence-corrected chi connectivity index (χ2v) is 10.4. The number of methoxy groups -OCH3 is 1. The van der Waals surface area contributed by atoms with Crippen LogP contribution in [0.4, 0.5) is 0 Å². The minimum Gasteiger partial charge on any atom is -0.504 e. The Hall–Kier alpha value is -2.19. The largest absolute Gasteiger partial charge is 0.504 e. The van der Waals surface area contributed by atoms with Gasteiger partial charge in [0.05, 0.1) is 7.11 Å². The topological polar surface area (TPSA) is 91.3 Å². The molecular weight excluding hydrogens is 503 g/mol. The molecule has 2 aliphatic heterocycles. The van der Waals surface area contributed by atoms with Gasteiger partial charge in [0, 0.05) is 34.7 Å². The summed E-state index contributed by atoms with van der Waals surface area (Å²) in [6.45, 7) is 0.955. The number of hydrogen-bond donors (Lipinski definition) is 3. The van der Waals surface area contributed by atoms with Crippen LogP contribution in [0.5, 0.6) is 17.2 Å². The van der Waals surface area contributed by atoms with E-state index in [9.17, 15) is 15.0 Å². The van der Waals surface area contributed by atoms with Gasteiger partial charge in [-0.05, 0) is 57.2 Å². The SMILES string of the molecule is COc1cc(O)c2c3c1C[C@@H]1[C@@H]4CC[C@H](N[C@@H](Cc5ccccc5)C(=O)O)[C@H](O2)[C@]34CCN1C.Cl.Cl. The molecule has 2 heterocycles. The van der Waals surface area contributed by atoms with Crippen LogP contribution < -0.4 is 14.8 Å². The van der Waals surface area contributed by atoms with E-state index in [2.05, 4.69) is 17.3 Å². The van der Waals surface area contributed by atoms with Crippen LogP contribution in [0.25, 0.3) is 0 Å². The monoisotopic (exact) mass is 536 g/mol. The number of aromatic hydroxyl groups is 1. The van der Waals surface area contributed by atoms with Crippen LogP contribution in [0.1, 0.15) is 36.0 Å². The zero-order chi connectivity index (χ0) is 23.6. The van der Waals surface area contributed by atoms with Gasteiger partial charge in [0.1, 0.15) is 17.9 Å². The molecule has 196 valence electrons. The number of halogens is 2. The molecule has 9 heteroatoms. The first-order valence-corrected chi connectivity index (χ1v) is 12.3. The quantitative estimate of drug-likeness (QED) is 0.519.